The Labute approximate surface area is 212 Å². The third kappa shape index (κ3) is 5.52. The number of halogens is 1. The second-order valence-corrected chi connectivity index (χ2v) is 12.2. The number of hydrogen-bond acceptors (Lipinski definition) is 5. The number of carbonyl (C=O) groups is 1. The van der Waals surface area contributed by atoms with Crippen LogP contribution in [0.15, 0.2) is 53.4 Å². The first-order valence-electron chi connectivity index (χ1n) is 12.6. The summed E-state index contributed by atoms with van der Waals surface area (Å²) in [6, 6.07) is 11.0. The fourth-order valence-corrected chi connectivity index (χ4v) is 7.64. The van der Waals surface area contributed by atoms with Gasteiger partial charge in [0.05, 0.1) is 6.61 Å². The molecule has 9 heteroatoms. The molecule has 0 radical (unpaired) electrons. The molecule has 194 valence electrons. The van der Waals surface area contributed by atoms with E-state index in [1.807, 2.05) is 6.07 Å². The molecule has 2 aromatic rings. The van der Waals surface area contributed by atoms with Gasteiger partial charge in [-0.3, -0.25) is 0 Å². The van der Waals surface area contributed by atoms with E-state index >= 15 is 0 Å². The molecule has 4 aliphatic carbocycles. The summed E-state index contributed by atoms with van der Waals surface area (Å²) >= 11 is 0. The molecule has 2 amide bonds. The molecule has 0 aliphatic heterocycles. The van der Waals surface area contributed by atoms with Crippen molar-refractivity contribution in [3.8, 4) is 5.75 Å². The highest BCUT2D eigenvalue weighted by Crippen LogP contribution is 2.55. The number of ether oxygens (including phenoxy) is 1. The number of urea groups is 1. The molecular formula is C27H33FN2O5S. The molecule has 6 rings (SSSR count). The first kappa shape index (κ1) is 25.0. The van der Waals surface area contributed by atoms with E-state index in [0.29, 0.717) is 13.2 Å². The molecular weight excluding hydrogens is 483 g/mol. The molecule has 36 heavy (non-hydrogen) atoms. The minimum Gasteiger partial charge on any atom is -0.383 e. The van der Waals surface area contributed by atoms with Gasteiger partial charge >= 0.3 is 16.1 Å². The molecule has 0 saturated heterocycles. The molecule has 0 spiro atoms. The van der Waals surface area contributed by atoms with Gasteiger partial charge in [0.15, 0.2) is 0 Å². The standard InChI is InChI=1S/C27H33FN2O5S/c1-34-10-9-30(26(31)29-27-15-20-11-21(16-27)13-22(12-20)17-27)18-19-3-2-4-24(14-19)35-36(32,33)25-7-5-23(28)6-8-25/h2-8,14,20-22H,9-13,15-18H2,1H3,(H,29,31). The van der Waals surface area contributed by atoms with E-state index in [1.165, 1.54) is 19.3 Å². The molecule has 0 atom stereocenters. The summed E-state index contributed by atoms with van der Waals surface area (Å²) in [5.74, 6) is 1.77. The number of benzene rings is 2. The normalized spacial score (nSPS) is 26.6. The molecule has 0 heterocycles. The van der Waals surface area contributed by atoms with Gasteiger partial charge in [0, 0.05) is 25.7 Å². The van der Waals surface area contributed by atoms with E-state index in [9.17, 15) is 17.6 Å². The van der Waals surface area contributed by atoms with Crippen LogP contribution in [-0.2, 0) is 21.4 Å². The lowest BCUT2D eigenvalue weighted by Gasteiger charge is -2.57. The van der Waals surface area contributed by atoms with Gasteiger partial charge in [-0.1, -0.05) is 12.1 Å². The maximum atomic E-state index is 13.5. The zero-order valence-corrected chi connectivity index (χ0v) is 21.3. The second-order valence-electron chi connectivity index (χ2n) is 10.7. The fourth-order valence-electron chi connectivity index (χ4n) is 6.72. The van der Waals surface area contributed by atoms with Gasteiger partial charge in [-0.25, -0.2) is 9.18 Å². The van der Waals surface area contributed by atoms with E-state index in [4.69, 9.17) is 8.92 Å². The third-order valence-electron chi connectivity index (χ3n) is 7.84. The summed E-state index contributed by atoms with van der Waals surface area (Å²) in [4.78, 5) is 15.1. The molecule has 4 fully saturated rings. The van der Waals surface area contributed by atoms with E-state index in [2.05, 4.69) is 5.32 Å². The predicted molar refractivity (Wildman–Crippen MR) is 132 cm³/mol. The quantitative estimate of drug-likeness (QED) is 0.488. The van der Waals surface area contributed by atoms with Crippen LogP contribution in [0.3, 0.4) is 0 Å². The minimum atomic E-state index is -4.12. The lowest BCUT2D eigenvalue weighted by molar-refractivity contribution is -0.0161. The predicted octanol–water partition coefficient (Wildman–Crippen LogP) is 4.72. The number of amides is 2. The summed E-state index contributed by atoms with van der Waals surface area (Å²) in [5, 5.41) is 3.41. The largest absolute Gasteiger partial charge is 0.383 e. The van der Waals surface area contributed by atoms with Crippen LogP contribution >= 0.6 is 0 Å². The first-order chi connectivity index (χ1) is 17.2. The molecule has 1 N–H and O–H groups in total. The number of nitrogens with one attached hydrogen (secondary N) is 1. The number of carbonyl (C=O) groups excluding carboxylic acids is 1. The van der Waals surface area contributed by atoms with Crippen molar-refractivity contribution < 1.29 is 26.5 Å². The summed E-state index contributed by atoms with van der Waals surface area (Å²) in [6.07, 6.45) is 7.09. The summed E-state index contributed by atoms with van der Waals surface area (Å²) in [7, 11) is -2.51. The monoisotopic (exact) mass is 516 g/mol. The fraction of sp³-hybridized carbons (Fsp3) is 0.519. The highest BCUT2D eigenvalue weighted by atomic mass is 32.2. The van der Waals surface area contributed by atoms with Gasteiger partial charge in [0.1, 0.15) is 16.5 Å². The van der Waals surface area contributed by atoms with Crippen molar-refractivity contribution in [2.45, 2.75) is 55.5 Å². The highest BCUT2D eigenvalue weighted by Gasteiger charge is 2.51. The summed E-state index contributed by atoms with van der Waals surface area (Å²) in [5.41, 5.74) is 0.629. The van der Waals surface area contributed by atoms with E-state index < -0.39 is 15.9 Å². The van der Waals surface area contributed by atoms with Crippen molar-refractivity contribution in [2.24, 2.45) is 17.8 Å². The van der Waals surface area contributed by atoms with Crippen LogP contribution in [0.25, 0.3) is 0 Å². The summed E-state index contributed by atoms with van der Waals surface area (Å²) in [6.45, 7) is 1.09. The number of methoxy groups -OCH3 is 1. The Kier molecular flexibility index (Phi) is 6.96. The lowest BCUT2D eigenvalue weighted by atomic mass is 9.53. The average Bonchev–Trinajstić information content (AvgIpc) is 2.81. The van der Waals surface area contributed by atoms with Crippen molar-refractivity contribution in [3.63, 3.8) is 0 Å². The molecule has 0 aromatic heterocycles. The van der Waals surface area contributed by atoms with Gasteiger partial charge in [-0.05, 0) is 98.2 Å². The van der Waals surface area contributed by atoms with E-state index in [-0.39, 0.29) is 28.8 Å². The molecule has 2 aromatic carbocycles. The van der Waals surface area contributed by atoms with Crippen LogP contribution in [0.2, 0.25) is 0 Å². The minimum absolute atomic E-state index is 0.106. The Morgan fingerprint density at radius 3 is 2.31 bits per heavy atom. The van der Waals surface area contributed by atoms with E-state index in [0.717, 1.165) is 66.8 Å². The maximum absolute atomic E-state index is 13.5. The van der Waals surface area contributed by atoms with Gasteiger partial charge < -0.3 is 19.1 Å². The van der Waals surface area contributed by atoms with Gasteiger partial charge in [-0.2, -0.15) is 8.42 Å². The van der Waals surface area contributed by atoms with Gasteiger partial charge in [0.25, 0.3) is 0 Å². The zero-order valence-electron chi connectivity index (χ0n) is 20.5. The molecule has 4 saturated carbocycles. The van der Waals surface area contributed by atoms with Crippen molar-refractivity contribution in [2.75, 3.05) is 20.3 Å². The Morgan fingerprint density at radius 1 is 1.06 bits per heavy atom. The molecule has 7 nitrogen and oxygen atoms in total. The van der Waals surface area contributed by atoms with Crippen LogP contribution in [-0.4, -0.2) is 45.1 Å². The average molecular weight is 517 g/mol. The first-order valence-corrected chi connectivity index (χ1v) is 14.0. The maximum Gasteiger partial charge on any atom is 0.339 e. The number of nitrogens with zero attached hydrogens (tertiary/aromatic N) is 1. The number of rotatable bonds is 9. The Hall–Kier alpha value is -2.65. The van der Waals surface area contributed by atoms with Gasteiger partial charge in [0.2, 0.25) is 0 Å². The van der Waals surface area contributed by atoms with Crippen molar-refractivity contribution in [1.29, 1.82) is 0 Å². The van der Waals surface area contributed by atoms with Crippen molar-refractivity contribution in [3.05, 3.63) is 59.9 Å². The number of hydrogen-bond donors (Lipinski definition) is 1. The van der Waals surface area contributed by atoms with Crippen molar-refractivity contribution in [1.82, 2.24) is 10.2 Å². The van der Waals surface area contributed by atoms with Crippen LogP contribution in [0, 0.1) is 23.6 Å². The lowest BCUT2D eigenvalue weighted by Crippen LogP contribution is -2.62. The Morgan fingerprint density at radius 2 is 1.69 bits per heavy atom. The summed E-state index contributed by atoms with van der Waals surface area (Å²) < 4.78 is 48.9. The van der Waals surface area contributed by atoms with Crippen LogP contribution in [0.5, 0.6) is 5.75 Å². The molecule has 0 unspecified atom stereocenters. The van der Waals surface area contributed by atoms with Crippen LogP contribution < -0.4 is 9.50 Å². The SMILES string of the molecule is COCCN(Cc1cccc(OS(=O)(=O)c2ccc(F)cc2)c1)C(=O)NC12CC3CC(CC(C3)C1)C2. The van der Waals surface area contributed by atoms with Crippen molar-refractivity contribution >= 4 is 16.1 Å². The zero-order chi connectivity index (χ0) is 25.3. The Balaban J connectivity index is 1.28. The van der Waals surface area contributed by atoms with Gasteiger partial charge in [-0.15, -0.1) is 0 Å². The van der Waals surface area contributed by atoms with Crippen LogP contribution in [0.1, 0.15) is 44.1 Å². The Bertz CT molecular complexity index is 1170. The smallest absolute Gasteiger partial charge is 0.339 e. The molecule has 4 bridgehead atoms. The van der Waals surface area contributed by atoms with E-state index in [1.54, 1.807) is 30.2 Å². The topological polar surface area (TPSA) is 84.9 Å². The molecule has 4 aliphatic rings. The third-order valence-corrected chi connectivity index (χ3v) is 9.10. The second kappa shape index (κ2) is 10.0. The highest BCUT2D eigenvalue weighted by molar-refractivity contribution is 7.87. The van der Waals surface area contributed by atoms with Crippen LogP contribution in [0.4, 0.5) is 9.18 Å².